The van der Waals surface area contributed by atoms with Gasteiger partial charge in [-0.15, -0.1) is 11.3 Å². The van der Waals surface area contributed by atoms with Gasteiger partial charge in [-0.2, -0.15) is 0 Å². The Kier molecular flexibility index (Phi) is 5.52. The number of aryl methyl sites for hydroxylation is 1. The Morgan fingerprint density at radius 3 is 2.41 bits per heavy atom. The van der Waals surface area contributed by atoms with E-state index in [0.29, 0.717) is 30.1 Å². The zero-order chi connectivity index (χ0) is 21.9. The molecule has 5 nitrogen and oxygen atoms in total. The Morgan fingerprint density at radius 1 is 0.875 bits per heavy atom. The van der Waals surface area contributed by atoms with E-state index >= 15 is 0 Å². The molecule has 0 unspecified atom stereocenters. The van der Waals surface area contributed by atoms with Crippen molar-refractivity contribution >= 4 is 28.3 Å². The standard InChI is InChI=1S/C26H20N2O3S/c1-17-16-32-26(28-17)24-21-10-9-20(31-13-12-30-19-7-3-2-4-8-19)14-22(21)25(29)23(24)18-6-5-11-27-15-18/h2-11,14-16H,12-13H2,1H3. The number of para-hydroxylation sites is 1. The number of nitrogens with zero attached hydrogens (tertiary/aromatic N) is 2. The van der Waals surface area contributed by atoms with Crippen LogP contribution >= 0.6 is 11.3 Å². The molecule has 0 radical (unpaired) electrons. The summed E-state index contributed by atoms with van der Waals surface area (Å²) in [5.74, 6) is 1.40. The summed E-state index contributed by atoms with van der Waals surface area (Å²) in [6.07, 6.45) is 3.42. The van der Waals surface area contributed by atoms with Gasteiger partial charge in [0.05, 0.1) is 0 Å². The van der Waals surface area contributed by atoms with Crippen molar-refractivity contribution in [3.05, 3.63) is 106 Å². The number of ether oxygens (including phenoxy) is 2. The molecule has 2 aromatic carbocycles. The number of carbonyl (C=O) groups is 1. The van der Waals surface area contributed by atoms with Gasteiger partial charge >= 0.3 is 0 Å². The van der Waals surface area contributed by atoms with E-state index < -0.39 is 0 Å². The molecule has 1 aliphatic rings. The number of thiazole rings is 1. The van der Waals surface area contributed by atoms with E-state index in [2.05, 4.69) is 9.97 Å². The van der Waals surface area contributed by atoms with E-state index in [9.17, 15) is 4.79 Å². The van der Waals surface area contributed by atoms with E-state index in [4.69, 9.17) is 9.47 Å². The highest BCUT2D eigenvalue weighted by molar-refractivity contribution is 7.11. The number of pyridine rings is 1. The van der Waals surface area contributed by atoms with Crippen LogP contribution in [0.2, 0.25) is 0 Å². The third-order valence-corrected chi connectivity index (χ3v) is 6.11. The molecule has 0 bridgehead atoms. The molecule has 0 aliphatic heterocycles. The van der Waals surface area contributed by atoms with Gasteiger partial charge in [0.15, 0.2) is 5.78 Å². The number of fused-ring (bicyclic) bond motifs is 1. The van der Waals surface area contributed by atoms with Crippen LogP contribution < -0.4 is 9.47 Å². The maximum absolute atomic E-state index is 13.5. The molecule has 32 heavy (non-hydrogen) atoms. The molecule has 2 aromatic heterocycles. The van der Waals surface area contributed by atoms with Crippen LogP contribution in [0, 0.1) is 6.92 Å². The molecule has 5 rings (SSSR count). The number of benzene rings is 2. The largest absolute Gasteiger partial charge is 0.490 e. The normalized spacial score (nSPS) is 12.7. The molecule has 6 heteroatoms. The fraction of sp³-hybridized carbons (Fsp3) is 0.115. The van der Waals surface area contributed by atoms with E-state index in [-0.39, 0.29) is 5.78 Å². The number of rotatable bonds is 7. The lowest BCUT2D eigenvalue weighted by molar-refractivity contribution is 0.105. The van der Waals surface area contributed by atoms with Crippen LogP contribution in [0.4, 0.5) is 0 Å². The number of ketones is 1. The van der Waals surface area contributed by atoms with Crippen LogP contribution in [0.3, 0.4) is 0 Å². The topological polar surface area (TPSA) is 61.3 Å². The SMILES string of the molecule is Cc1csc(C2=C(c3cccnc3)C(=O)c3cc(OCCOc4ccccc4)ccc32)n1. The molecular weight excluding hydrogens is 420 g/mol. The minimum atomic E-state index is -0.0400. The number of carbonyl (C=O) groups excluding carboxylic acids is 1. The van der Waals surface area contributed by atoms with Crippen molar-refractivity contribution in [2.75, 3.05) is 13.2 Å². The van der Waals surface area contributed by atoms with Crippen molar-refractivity contribution in [2.24, 2.45) is 0 Å². The average molecular weight is 441 g/mol. The molecule has 0 saturated carbocycles. The first-order valence-corrected chi connectivity index (χ1v) is 11.2. The van der Waals surface area contributed by atoms with E-state index in [1.165, 1.54) is 0 Å². The fourth-order valence-corrected chi connectivity index (χ4v) is 4.58. The molecule has 0 fully saturated rings. The molecule has 4 aromatic rings. The van der Waals surface area contributed by atoms with Gasteiger partial charge in [-0.25, -0.2) is 4.98 Å². The molecule has 1 aliphatic carbocycles. The molecule has 0 spiro atoms. The Hall–Kier alpha value is -3.77. The molecular formula is C26H20N2O3S. The summed E-state index contributed by atoms with van der Waals surface area (Å²) in [6.45, 7) is 2.75. The number of Topliss-reactive ketones (excluding diaryl/α,β-unsaturated/α-hetero) is 1. The van der Waals surface area contributed by atoms with Gasteiger partial charge in [0.25, 0.3) is 0 Å². The van der Waals surface area contributed by atoms with Crippen LogP contribution in [-0.4, -0.2) is 29.0 Å². The number of allylic oxidation sites excluding steroid dienone is 1. The van der Waals surface area contributed by atoms with Gasteiger partial charge < -0.3 is 9.47 Å². The van der Waals surface area contributed by atoms with Gasteiger partial charge in [0.2, 0.25) is 0 Å². The van der Waals surface area contributed by atoms with Crippen molar-refractivity contribution in [1.29, 1.82) is 0 Å². The van der Waals surface area contributed by atoms with Gasteiger partial charge in [-0.1, -0.05) is 24.3 Å². The zero-order valence-corrected chi connectivity index (χ0v) is 18.3. The summed E-state index contributed by atoms with van der Waals surface area (Å²) in [4.78, 5) is 22.3. The van der Waals surface area contributed by atoms with Crippen molar-refractivity contribution in [2.45, 2.75) is 6.92 Å². The summed E-state index contributed by atoms with van der Waals surface area (Å²) in [5.41, 5.74) is 4.70. The lowest BCUT2D eigenvalue weighted by Crippen LogP contribution is -2.09. The van der Waals surface area contributed by atoms with Crippen LogP contribution in [0.5, 0.6) is 11.5 Å². The summed E-state index contributed by atoms with van der Waals surface area (Å²) >= 11 is 1.54. The van der Waals surface area contributed by atoms with Gasteiger partial charge in [-0.05, 0) is 48.9 Å². The van der Waals surface area contributed by atoms with Gasteiger partial charge in [0.1, 0.15) is 29.7 Å². The van der Waals surface area contributed by atoms with E-state index in [1.54, 1.807) is 23.7 Å². The van der Waals surface area contributed by atoms with Crippen LogP contribution in [0.1, 0.15) is 32.2 Å². The molecule has 0 atom stereocenters. The minimum absolute atomic E-state index is 0.0400. The Labute approximate surface area is 190 Å². The van der Waals surface area contributed by atoms with Crippen molar-refractivity contribution in [3.63, 3.8) is 0 Å². The molecule has 0 amide bonds. The smallest absolute Gasteiger partial charge is 0.195 e. The maximum Gasteiger partial charge on any atom is 0.195 e. The van der Waals surface area contributed by atoms with Crippen LogP contribution in [0.15, 0.2) is 78.4 Å². The van der Waals surface area contributed by atoms with Crippen molar-refractivity contribution in [3.8, 4) is 11.5 Å². The van der Waals surface area contributed by atoms with E-state index in [0.717, 1.165) is 33.2 Å². The van der Waals surface area contributed by atoms with Crippen LogP contribution in [-0.2, 0) is 0 Å². The molecule has 2 heterocycles. The Balaban J connectivity index is 1.41. The lowest BCUT2D eigenvalue weighted by atomic mass is 10.0. The molecule has 158 valence electrons. The summed E-state index contributed by atoms with van der Waals surface area (Å²) < 4.78 is 11.5. The second-order valence-electron chi connectivity index (χ2n) is 7.33. The first-order valence-electron chi connectivity index (χ1n) is 10.3. The monoisotopic (exact) mass is 440 g/mol. The predicted molar refractivity (Wildman–Crippen MR) is 125 cm³/mol. The average Bonchev–Trinajstić information content (AvgIpc) is 3.38. The third-order valence-electron chi connectivity index (χ3n) is 5.13. The van der Waals surface area contributed by atoms with Gasteiger partial charge in [0, 0.05) is 45.7 Å². The highest BCUT2D eigenvalue weighted by atomic mass is 32.1. The molecule has 0 N–H and O–H groups in total. The maximum atomic E-state index is 13.5. The second kappa shape index (κ2) is 8.77. The predicted octanol–water partition coefficient (Wildman–Crippen LogP) is 5.46. The fourth-order valence-electron chi connectivity index (χ4n) is 3.71. The van der Waals surface area contributed by atoms with Gasteiger partial charge in [-0.3, -0.25) is 9.78 Å². The first kappa shape index (κ1) is 20.2. The lowest BCUT2D eigenvalue weighted by Gasteiger charge is -2.10. The summed E-state index contributed by atoms with van der Waals surface area (Å²) in [6, 6.07) is 19.0. The van der Waals surface area contributed by atoms with Crippen molar-refractivity contribution in [1.82, 2.24) is 9.97 Å². The number of aromatic nitrogens is 2. The summed E-state index contributed by atoms with van der Waals surface area (Å²) in [5, 5.41) is 2.83. The highest BCUT2D eigenvalue weighted by Gasteiger charge is 2.33. The number of hydrogen-bond donors (Lipinski definition) is 0. The number of hydrogen-bond acceptors (Lipinski definition) is 6. The highest BCUT2D eigenvalue weighted by Crippen LogP contribution is 2.43. The third kappa shape index (κ3) is 3.92. The first-order chi connectivity index (χ1) is 15.7. The Morgan fingerprint density at radius 2 is 1.69 bits per heavy atom. The Bertz CT molecular complexity index is 1300. The zero-order valence-electron chi connectivity index (χ0n) is 17.4. The quantitative estimate of drug-likeness (QED) is 0.357. The summed E-state index contributed by atoms with van der Waals surface area (Å²) in [7, 11) is 0. The van der Waals surface area contributed by atoms with Crippen molar-refractivity contribution < 1.29 is 14.3 Å². The minimum Gasteiger partial charge on any atom is -0.490 e. The second-order valence-corrected chi connectivity index (χ2v) is 8.19. The van der Waals surface area contributed by atoms with Crippen LogP contribution in [0.25, 0.3) is 11.1 Å². The van der Waals surface area contributed by atoms with E-state index in [1.807, 2.05) is 73.0 Å². The molecule has 0 saturated heterocycles.